The number of nitrogens with one attached hydrogen (secondary N) is 1. The zero-order valence-corrected chi connectivity index (χ0v) is 13.2. The molecule has 22 heavy (non-hydrogen) atoms. The average molecular weight is 313 g/mol. The lowest BCUT2D eigenvalue weighted by Gasteiger charge is -2.24. The Hall–Kier alpha value is -1.88. The normalized spacial score (nSPS) is 23.5. The van der Waals surface area contributed by atoms with Crippen LogP contribution in [0.3, 0.4) is 0 Å². The number of benzene rings is 1. The van der Waals surface area contributed by atoms with Gasteiger partial charge in [-0.2, -0.15) is 0 Å². The second-order valence-corrected chi connectivity index (χ2v) is 6.98. The summed E-state index contributed by atoms with van der Waals surface area (Å²) >= 11 is 1.55. The Morgan fingerprint density at radius 3 is 3.14 bits per heavy atom. The Balaban J connectivity index is 1.53. The summed E-state index contributed by atoms with van der Waals surface area (Å²) in [6, 6.07) is 8.23. The third kappa shape index (κ3) is 2.50. The molecule has 1 N–H and O–H groups in total. The summed E-state index contributed by atoms with van der Waals surface area (Å²) in [7, 11) is 0. The maximum absolute atomic E-state index is 12.8. The summed E-state index contributed by atoms with van der Waals surface area (Å²) in [6.45, 7) is 0.915. The second kappa shape index (κ2) is 5.72. The molecule has 4 nitrogen and oxygen atoms in total. The minimum Gasteiger partial charge on any atom is -0.335 e. The van der Waals surface area contributed by atoms with E-state index in [0.717, 1.165) is 28.8 Å². The van der Waals surface area contributed by atoms with Gasteiger partial charge in [0.25, 0.3) is 5.91 Å². The molecule has 2 heterocycles. The number of fused-ring (bicyclic) bond motifs is 1. The van der Waals surface area contributed by atoms with Crippen LogP contribution in [0.5, 0.6) is 0 Å². The van der Waals surface area contributed by atoms with E-state index in [4.69, 9.17) is 0 Å². The van der Waals surface area contributed by atoms with Crippen molar-refractivity contribution < 1.29 is 4.79 Å². The highest BCUT2D eigenvalue weighted by molar-refractivity contribution is 7.13. The van der Waals surface area contributed by atoms with Crippen LogP contribution in [-0.4, -0.2) is 28.4 Å². The molecule has 2 aliphatic rings. The topological polar surface area (TPSA) is 45.2 Å². The first-order valence-electron chi connectivity index (χ1n) is 7.89. The first kappa shape index (κ1) is 13.8. The van der Waals surface area contributed by atoms with Gasteiger partial charge in [0.1, 0.15) is 0 Å². The summed E-state index contributed by atoms with van der Waals surface area (Å²) in [4.78, 5) is 19.1. The molecule has 2 unspecified atom stereocenters. The van der Waals surface area contributed by atoms with E-state index in [1.807, 2.05) is 29.6 Å². The van der Waals surface area contributed by atoms with E-state index < -0.39 is 0 Å². The molecule has 1 amide bonds. The molecule has 1 aliphatic carbocycles. The average Bonchev–Trinajstić information content (AvgIpc) is 3.24. The number of amides is 1. The van der Waals surface area contributed by atoms with Crippen LogP contribution in [0.4, 0.5) is 10.8 Å². The van der Waals surface area contributed by atoms with Crippen molar-refractivity contribution in [2.45, 2.75) is 31.7 Å². The van der Waals surface area contributed by atoms with E-state index >= 15 is 0 Å². The van der Waals surface area contributed by atoms with Gasteiger partial charge in [-0.1, -0.05) is 12.5 Å². The van der Waals surface area contributed by atoms with Crippen LogP contribution in [0, 0.1) is 5.92 Å². The molecule has 4 rings (SSSR count). The molecular formula is C17H19N3OS. The first-order valence-corrected chi connectivity index (χ1v) is 8.77. The minimum atomic E-state index is 0.178. The van der Waals surface area contributed by atoms with E-state index in [9.17, 15) is 4.79 Å². The molecule has 0 bridgehead atoms. The predicted octanol–water partition coefficient (Wildman–Crippen LogP) is 3.90. The summed E-state index contributed by atoms with van der Waals surface area (Å²) in [6.07, 6.45) is 6.68. The number of carbonyl (C=O) groups excluding carboxylic acids is 1. The fourth-order valence-electron chi connectivity index (χ4n) is 3.79. The highest BCUT2D eigenvalue weighted by Gasteiger charge is 2.39. The number of carbonyl (C=O) groups is 1. The van der Waals surface area contributed by atoms with Crippen molar-refractivity contribution in [2.24, 2.45) is 5.92 Å². The molecule has 1 saturated carbocycles. The van der Waals surface area contributed by atoms with Gasteiger partial charge < -0.3 is 10.2 Å². The van der Waals surface area contributed by atoms with Crippen molar-refractivity contribution in [3.05, 3.63) is 41.4 Å². The largest absolute Gasteiger partial charge is 0.335 e. The number of nitrogens with zero attached hydrogens (tertiary/aromatic N) is 2. The summed E-state index contributed by atoms with van der Waals surface area (Å²) in [5.41, 5.74) is 1.69. The predicted molar refractivity (Wildman–Crippen MR) is 88.6 cm³/mol. The van der Waals surface area contributed by atoms with Crippen molar-refractivity contribution in [3.63, 3.8) is 0 Å². The molecule has 1 aliphatic heterocycles. The third-order valence-electron chi connectivity index (χ3n) is 4.81. The van der Waals surface area contributed by atoms with Gasteiger partial charge in [0.2, 0.25) is 0 Å². The van der Waals surface area contributed by atoms with E-state index in [2.05, 4.69) is 15.2 Å². The molecular weight excluding hydrogens is 294 g/mol. The molecule has 1 aromatic heterocycles. The highest BCUT2D eigenvalue weighted by atomic mass is 32.1. The van der Waals surface area contributed by atoms with Crippen molar-refractivity contribution in [1.29, 1.82) is 0 Å². The van der Waals surface area contributed by atoms with Crippen molar-refractivity contribution >= 4 is 28.1 Å². The van der Waals surface area contributed by atoms with Gasteiger partial charge >= 0.3 is 0 Å². The van der Waals surface area contributed by atoms with Crippen molar-refractivity contribution in [1.82, 2.24) is 9.88 Å². The Morgan fingerprint density at radius 1 is 1.32 bits per heavy atom. The minimum absolute atomic E-state index is 0.178. The molecule has 2 atom stereocenters. The van der Waals surface area contributed by atoms with Gasteiger partial charge in [0.15, 0.2) is 5.13 Å². The second-order valence-electron chi connectivity index (χ2n) is 6.09. The van der Waals surface area contributed by atoms with E-state index in [0.29, 0.717) is 6.04 Å². The smallest absolute Gasteiger partial charge is 0.254 e. The Morgan fingerprint density at radius 2 is 2.27 bits per heavy atom. The number of rotatable bonds is 3. The van der Waals surface area contributed by atoms with E-state index in [1.165, 1.54) is 25.7 Å². The lowest BCUT2D eigenvalue weighted by atomic mass is 10.0. The Labute approximate surface area is 134 Å². The van der Waals surface area contributed by atoms with E-state index in [1.54, 1.807) is 17.5 Å². The Kier molecular flexibility index (Phi) is 3.58. The van der Waals surface area contributed by atoms with Crippen molar-refractivity contribution in [2.75, 3.05) is 11.9 Å². The van der Waals surface area contributed by atoms with Crippen LogP contribution >= 0.6 is 11.3 Å². The Bertz CT molecular complexity index is 670. The monoisotopic (exact) mass is 313 g/mol. The summed E-state index contributed by atoms with van der Waals surface area (Å²) in [5.74, 6) is 0.915. The van der Waals surface area contributed by atoms with Crippen LogP contribution in [0.1, 0.15) is 36.0 Å². The van der Waals surface area contributed by atoms with Gasteiger partial charge in [-0.25, -0.2) is 4.98 Å². The maximum atomic E-state index is 12.8. The zero-order valence-electron chi connectivity index (χ0n) is 12.4. The molecule has 2 fully saturated rings. The standard InChI is InChI=1S/C17H19N3OS/c21-16(20-9-7-12-3-2-6-15(12)20)13-4-1-5-14(11-13)19-17-18-8-10-22-17/h1,4-5,8,10-12,15H,2-3,6-7,9H2,(H,18,19). The number of likely N-dealkylation sites (tertiary alicyclic amines) is 1. The van der Waals surface area contributed by atoms with Crippen LogP contribution in [-0.2, 0) is 0 Å². The molecule has 1 saturated heterocycles. The summed E-state index contributed by atoms with van der Waals surface area (Å²) < 4.78 is 0. The quantitative estimate of drug-likeness (QED) is 0.934. The fourth-order valence-corrected chi connectivity index (χ4v) is 4.34. The van der Waals surface area contributed by atoms with Gasteiger partial charge in [-0.15, -0.1) is 11.3 Å². The van der Waals surface area contributed by atoms with Crippen LogP contribution in [0.2, 0.25) is 0 Å². The number of hydrogen-bond acceptors (Lipinski definition) is 4. The molecule has 0 spiro atoms. The van der Waals surface area contributed by atoms with Gasteiger partial charge in [-0.3, -0.25) is 4.79 Å². The number of hydrogen-bond donors (Lipinski definition) is 1. The summed E-state index contributed by atoms with van der Waals surface area (Å²) in [5, 5.41) is 6.03. The number of aromatic nitrogens is 1. The highest BCUT2D eigenvalue weighted by Crippen LogP contribution is 2.38. The third-order valence-corrected chi connectivity index (χ3v) is 5.50. The maximum Gasteiger partial charge on any atom is 0.254 e. The molecule has 5 heteroatoms. The van der Waals surface area contributed by atoms with Gasteiger partial charge in [-0.05, 0) is 43.4 Å². The zero-order chi connectivity index (χ0) is 14.9. The fraction of sp³-hybridized carbons (Fsp3) is 0.412. The van der Waals surface area contributed by atoms with Crippen molar-refractivity contribution in [3.8, 4) is 0 Å². The van der Waals surface area contributed by atoms with Gasteiger partial charge in [0, 0.05) is 35.4 Å². The van der Waals surface area contributed by atoms with E-state index in [-0.39, 0.29) is 5.91 Å². The van der Waals surface area contributed by atoms with Crippen LogP contribution in [0.25, 0.3) is 0 Å². The SMILES string of the molecule is O=C(c1cccc(Nc2nccs2)c1)N1CCC2CCCC21. The molecule has 1 aromatic carbocycles. The number of thiazole rings is 1. The first-order chi connectivity index (χ1) is 10.8. The lowest BCUT2D eigenvalue weighted by molar-refractivity contribution is 0.0729. The number of anilines is 2. The lowest BCUT2D eigenvalue weighted by Crippen LogP contribution is -2.35. The van der Waals surface area contributed by atoms with Crippen LogP contribution in [0.15, 0.2) is 35.8 Å². The molecule has 0 radical (unpaired) electrons. The van der Waals surface area contributed by atoms with Crippen LogP contribution < -0.4 is 5.32 Å². The molecule has 2 aromatic rings. The molecule has 114 valence electrons. The van der Waals surface area contributed by atoms with Gasteiger partial charge in [0.05, 0.1) is 0 Å².